The van der Waals surface area contributed by atoms with E-state index < -0.39 is 5.97 Å². The summed E-state index contributed by atoms with van der Waals surface area (Å²) in [5.41, 5.74) is 0. The number of hydrogen-bond donors (Lipinski definition) is 1. The first-order valence-electron chi connectivity index (χ1n) is 5.65. The molecule has 16 heavy (non-hydrogen) atoms. The van der Waals surface area contributed by atoms with Crippen molar-refractivity contribution < 1.29 is 14.6 Å². The standard InChI is InChI=1S/C11H18N2O3/c12-5-1-6-13-7-2-10(3-8-13)16-9-4-11(14)15/h10H,1-4,6-9H2,(H,14,15). The quantitative estimate of drug-likeness (QED) is 0.727. The first-order chi connectivity index (χ1) is 7.72. The molecular weight excluding hydrogens is 208 g/mol. The van der Waals surface area contributed by atoms with Crippen LogP contribution in [0, 0.1) is 11.3 Å². The summed E-state index contributed by atoms with van der Waals surface area (Å²) >= 11 is 0. The van der Waals surface area contributed by atoms with Crippen molar-refractivity contribution in [3.63, 3.8) is 0 Å². The summed E-state index contributed by atoms with van der Waals surface area (Å²) in [7, 11) is 0. The summed E-state index contributed by atoms with van der Waals surface area (Å²) in [5, 5.41) is 16.9. The molecule has 1 aliphatic rings. The molecule has 1 saturated heterocycles. The first kappa shape index (κ1) is 12.9. The highest BCUT2D eigenvalue weighted by molar-refractivity contribution is 5.66. The highest BCUT2D eigenvalue weighted by atomic mass is 16.5. The van der Waals surface area contributed by atoms with E-state index >= 15 is 0 Å². The summed E-state index contributed by atoms with van der Waals surface area (Å²) in [6.07, 6.45) is 2.72. The number of aliphatic carboxylic acids is 1. The number of piperidine rings is 1. The molecule has 0 radical (unpaired) electrons. The number of carbonyl (C=O) groups is 1. The van der Waals surface area contributed by atoms with Gasteiger partial charge in [-0.15, -0.1) is 0 Å². The maximum Gasteiger partial charge on any atom is 0.305 e. The molecule has 0 aromatic carbocycles. The van der Waals surface area contributed by atoms with Crippen molar-refractivity contribution >= 4 is 5.97 Å². The number of carboxylic acid groups (broad SMARTS) is 1. The third kappa shape index (κ3) is 5.10. The van der Waals surface area contributed by atoms with Gasteiger partial charge in [-0.1, -0.05) is 0 Å². The van der Waals surface area contributed by atoms with Gasteiger partial charge in [-0.3, -0.25) is 4.79 Å². The summed E-state index contributed by atoms with van der Waals surface area (Å²) in [4.78, 5) is 12.5. The lowest BCUT2D eigenvalue weighted by Gasteiger charge is -2.31. The van der Waals surface area contributed by atoms with E-state index in [4.69, 9.17) is 15.1 Å². The van der Waals surface area contributed by atoms with Gasteiger partial charge < -0.3 is 14.7 Å². The van der Waals surface area contributed by atoms with Crippen molar-refractivity contribution in [2.75, 3.05) is 26.2 Å². The van der Waals surface area contributed by atoms with Gasteiger partial charge in [0, 0.05) is 26.1 Å². The maximum absolute atomic E-state index is 10.3. The third-order valence-electron chi connectivity index (χ3n) is 2.74. The average molecular weight is 226 g/mol. The number of rotatable bonds is 6. The van der Waals surface area contributed by atoms with Crippen LogP contribution in [0.25, 0.3) is 0 Å². The van der Waals surface area contributed by atoms with Crippen LogP contribution in [0.1, 0.15) is 25.7 Å². The number of hydrogen-bond acceptors (Lipinski definition) is 4. The number of nitrogens with zero attached hydrogens (tertiary/aromatic N) is 2. The molecule has 1 N–H and O–H groups in total. The van der Waals surface area contributed by atoms with Crippen LogP contribution in [0.3, 0.4) is 0 Å². The molecule has 90 valence electrons. The normalized spacial score (nSPS) is 18.2. The Morgan fingerprint density at radius 2 is 2.19 bits per heavy atom. The Morgan fingerprint density at radius 1 is 1.50 bits per heavy atom. The second-order valence-electron chi connectivity index (χ2n) is 3.96. The van der Waals surface area contributed by atoms with Gasteiger partial charge >= 0.3 is 5.97 Å². The molecule has 1 aliphatic heterocycles. The zero-order valence-corrected chi connectivity index (χ0v) is 9.39. The molecule has 0 unspecified atom stereocenters. The van der Waals surface area contributed by atoms with Gasteiger partial charge in [-0.05, 0) is 12.8 Å². The Hall–Kier alpha value is -1.12. The minimum atomic E-state index is -0.813. The second kappa shape index (κ2) is 7.20. The van der Waals surface area contributed by atoms with E-state index in [1.165, 1.54) is 0 Å². The minimum absolute atomic E-state index is 0.0780. The van der Waals surface area contributed by atoms with Crippen molar-refractivity contribution in [2.45, 2.75) is 31.8 Å². The van der Waals surface area contributed by atoms with E-state index in [0.717, 1.165) is 32.5 Å². The highest BCUT2D eigenvalue weighted by Crippen LogP contribution is 2.13. The highest BCUT2D eigenvalue weighted by Gasteiger charge is 2.19. The third-order valence-corrected chi connectivity index (χ3v) is 2.74. The van der Waals surface area contributed by atoms with E-state index in [-0.39, 0.29) is 12.5 Å². The Bertz CT molecular complexity index is 254. The van der Waals surface area contributed by atoms with Crippen molar-refractivity contribution in [3.05, 3.63) is 0 Å². The second-order valence-corrected chi connectivity index (χ2v) is 3.96. The van der Waals surface area contributed by atoms with E-state index in [0.29, 0.717) is 13.0 Å². The molecule has 0 bridgehead atoms. The molecule has 0 saturated carbocycles. The average Bonchev–Trinajstić information content (AvgIpc) is 2.27. The molecule has 0 spiro atoms. The van der Waals surface area contributed by atoms with Gasteiger partial charge in [0.2, 0.25) is 0 Å². The van der Waals surface area contributed by atoms with E-state index in [1.807, 2.05) is 0 Å². The molecule has 5 heteroatoms. The lowest BCUT2D eigenvalue weighted by atomic mass is 10.1. The van der Waals surface area contributed by atoms with Crippen LogP contribution in [-0.2, 0) is 9.53 Å². The molecule has 5 nitrogen and oxygen atoms in total. The van der Waals surface area contributed by atoms with Crippen molar-refractivity contribution in [2.24, 2.45) is 0 Å². The van der Waals surface area contributed by atoms with Gasteiger partial charge in [0.05, 0.1) is 25.2 Å². The lowest BCUT2D eigenvalue weighted by Crippen LogP contribution is -2.37. The number of likely N-dealkylation sites (tertiary alicyclic amines) is 1. The van der Waals surface area contributed by atoms with E-state index in [9.17, 15) is 4.79 Å². The van der Waals surface area contributed by atoms with Crippen LogP contribution in [0.5, 0.6) is 0 Å². The van der Waals surface area contributed by atoms with Gasteiger partial charge in [0.25, 0.3) is 0 Å². The zero-order valence-electron chi connectivity index (χ0n) is 9.39. The van der Waals surface area contributed by atoms with Crippen molar-refractivity contribution in [1.82, 2.24) is 4.90 Å². The smallest absolute Gasteiger partial charge is 0.305 e. The largest absolute Gasteiger partial charge is 0.481 e. The Balaban J connectivity index is 2.08. The molecule has 0 atom stereocenters. The van der Waals surface area contributed by atoms with Crippen LogP contribution in [0.2, 0.25) is 0 Å². The van der Waals surface area contributed by atoms with Crippen LogP contribution >= 0.6 is 0 Å². The van der Waals surface area contributed by atoms with Crippen LogP contribution < -0.4 is 0 Å². The lowest BCUT2D eigenvalue weighted by molar-refractivity contribution is -0.138. The molecule has 0 amide bonds. The first-order valence-corrected chi connectivity index (χ1v) is 5.65. The van der Waals surface area contributed by atoms with Crippen molar-refractivity contribution in [1.29, 1.82) is 5.26 Å². The zero-order chi connectivity index (χ0) is 11.8. The van der Waals surface area contributed by atoms with Crippen LogP contribution in [0.15, 0.2) is 0 Å². The number of carboxylic acids is 1. The van der Waals surface area contributed by atoms with Gasteiger partial charge in [-0.25, -0.2) is 0 Å². The van der Waals surface area contributed by atoms with Gasteiger partial charge in [0.15, 0.2) is 0 Å². The molecule has 1 fully saturated rings. The maximum atomic E-state index is 10.3. The Labute approximate surface area is 95.6 Å². The fourth-order valence-corrected chi connectivity index (χ4v) is 1.82. The molecule has 1 rings (SSSR count). The van der Waals surface area contributed by atoms with Crippen LogP contribution in [-0.4, -0.2) is 48.3 Å². The molecule has 0 aromatic rings. The minimum Gasteiger partial charge on any atom is -0.481 e. The fourth-order valence-electron chi connectivity index (χ4n) is 1.82. The van der Waals surface area contributed by atoms with Gasteiger partial charge in [-0.2, -0.15) is 5.26 Å². The predicted molar refractivity (Wildman–Crippen MR) is 57.9 cm³/mol. The molecule has 1 heterocycles. The topological polar surface area (TPSA) is 73.6 Å². The Morgan fingerprint density at radius 3 is 2.75 bits per heavy atom. The van der Waals surface area contributed by atoms with E-state index in [2.05, 4.69) is 11.0 Å². The molecular formula is C11H18N2O3. The fraction of sp³-hybridized carbons (Fsp3) is 0.818. The molecule has 0 aromatic heterocycles. The summed E-state index contributed by atoms with van der Waals surface area (Å²) in [6.45, 7) is 3.02. The summed E-state index contributed by atoms with van der Waals surface area (Å²) in [6, 6.07) is 2.13. The van der Waals surface area contributed by atoms with Gasteiger partial charge in [0.1, 0.15) is 0 Å². The summed E-state index contributed by atoms with van der Waals surface area (Å²) < 4.78 is 5.47. The number of ether oxygens (including phenoxy) is 1. The monoisotopic (exact) mass is 226 g/mol. The Kier molecular flexibility index (Phi) is 5.83. The van der Waals surface area contributed by atoms with E-state index in [1.54, 1.807) is 0 Å². The van der Waals surface area contributed by atoms with Crippen LogP contribution in [0.4, 0.5) is 0 Å². The molecule has 0 aliphatic carbocycles. The predicted octanol–water partition coefficient (Wildman–Crippen LogP) is 0.856. The SMILES string of the molecule is N#CCCN1CCC(OCCC(=O)O)CC1. The number of nitriles is 1. The summed E-state index contributed by atoms with van der Waals surface area (Å²) in [5.74, 6) is -0.813. The van der Waals surface area contributed by atoms with Crippen molar-refractivity contribution in [3.8, 4) is 6.07 Å².